The van der Waals surface area contributed by atoms with Crippen LogP contribution >= 0.6 is 22.9 Å². The van der Waals surface area contributed by atoms with Crippen LogP contribution in [0.2, 0.25) is 4.34 Å². The second-order valence-electron chi connectivity index (χ2n) is 6.89. The van der Waals surface area contributed by atoms with E-state index in [1.165, 1.54) is 28.0 Å². The second kappa shape index (κ2) is 7.95. The highest BCUT2D eigenvalue weighted by Gasteiger charge is 2.42. The minimum Gasteiger partial charge on any atom is -0.391 e. The lowest BCUT2D eigenvalue weighted by atomic mass is 10.0. The highest BCUT2D eigenvalue weighted by Crippen LogP contribution is 2.31. The Morgan fingerprint density at radius 3 is 2.74 bits per heavy atom. The number of nitrogens with one attached hydrogen (secondary N) is 1. The van der Waals surface area contributed by atoms with Gasteiger partial charge in [-0.3, -0.25) is 9.59 Å². The predicted octanol–water partition coefficient (Wildman–Crippen LogP) is 1.56. The molecule has 146 valence electrons. The van der Waals surface area contributed by atoms with Crippen LogP contribution in [-0.4, -0.2) is 62.6 Å². The molecule has 27 heavy (non-hydrogen) atoms. The summed E-state index contributed by atoms with van der Waals surface area (Å²) in [5.41, 5.74) is 0.634. The number of β-amino-alcohol motifs (C(OH)–C–C–N with tert-alkyl or cyclic N) is 1. The van der Waals surface area contributed by atoms with E-state index in [0.717, 1.165) is 4.88 Å². The number of carbonyl (C=O) groups is 2. The van der Waals surface area contributed by atoms with Gasteiger partial charge in [-0.25, -0.2) is 4.68 Å². The van der Waals surface area contributed by atoms with Crippen molar-refractivity contribution in [1.29, 1.82) is 0 Å². The van der Waals surface area contributed by atoms with E-state index < -0.39 is 18.2 Å². The number of aromatic nitrogens is 3. The molecule has 0 saturated carbocycles. The van der Waals surface area contributed by atoms with Gasteiger partial charge in [0.15, 0.2) is 0 Å². The van der Waals surface area contributed by atoms with Crippen molar-refractivity contribution in [2.24, 2.45) is 5.92 Å². The lowest BCUT2D eigenvalue weighted by Gasteiger charge is -2.29. The molecule has 3 atom stereocenters. The molecule has 0 aromatic carbocycles. The molecule has 3 unspecified atom stereocenters. The largest absolute Gasteiger partial charge is 0.391 e. The molecule has 3 rings (SSSR count). The zero-order valence-corrected chi connectivity index (χ0v) is 16.9. The van der Waals surface area contributed by atoms with Gasteiger partial charge in [-0.15, -0.1) is 16.4 Å². The Balaban J connectivity index is 1.88. The van der Waals surface area contributed by atoms with Gasteiger partial charge >= 0.3 is 0 Å². The van der Waals surface area contributed by atoms with E-state index in [1.807, 2.05) is 19.9 Å². The van der Waals surface area contributed by atoms with Gasteiger partial charge < -0.3 is 15.3 Å². The molecule has 2 N–H and O–H groups in total. The Labute approximate surface area is 166 Å². The lowest BCUT2D eigenvalue weighted by molar-refractivity contribution is -0.142. The first-order valence-electron chi connectivity index (χ1n) is 8.69. The van der Waals surface area contributed by atoms with Crippen LogP contribution in [-0.2, 0) is 9.59 Å². The maximum Gasteiger partial charge on any atom is 0.248 e. The van der Waals surface area contributed by atoms with Crippen LogP contribution in [0.3, 0.4) is 0 Å². The number of likely N-dealkylation sites (tertiary alicyclic amines) is 1. The molecule has 0 radical (unpaired) electrons. The first-order chi connectivity index (χ1) is 12.8. The third kappa shape index (κ3) is 3.99. The Kier molecular flexibility index (Phi) is 5.83. The van der Waals surface area contributed by atoms with E-state index in [1.54, 1.807) is 12.3 Å². The molecule has 2 amide bonds. The summed E-state index contributed by atoms with van der Waals surface area (Å²) in [5, 5.41) is 20.9. The maximum atomic E-state index is 13.2. The van der Waals surface area contributed by atoms with Crippen LogP contribution in [0.4, 0.5) is 0 Å². The van der Waals surface area contributed by atoms with Crippen molar-refractivity contribution in [3.05, 3.63) is 22.7 Å². The second-order valence-corrected chi connectivity index (χ2v) is 8.60. The number of aliphatic hydroxyl groups excluding tert-OH is 1. The number of carbonyl (C=O) groups excluding carboxylic acids is 2. The Bertz CT molecular complexity index is 836. The Hall–Kier alpha value is -1.97. The Morgan fingerprint density at radius 2 is 2.15 bits per heavy atom. The van der Waals surface area contributed by atoms with Crippen LogP contribution in [0.1, 0.15) is 26.3 Å². The van der Waals surface area contributed by atoms with Crippen LogP contribution in [0.15, 0.2) is 18.3 Å². The van der Waals surface area contributed by atoms with Gasteiger partial charge in [0.05, 0.1) is 21.5 Å². The van der Waals surface area contributed by atoms with Gasteiger partial charge in [-0.1, -0.05) is 30.7 Å². The van der Waals surface area contributed by atoms with Crippen molar-refractivity contribution >= 4 is 34.8 Å². The number of hydrogen-bond donors (Lipinski definition) is 2. The SMILES string of the molecule is CNC(=O)C1CC(O)CN1C(=O)C(C(C)C)n1cc(-c2ccc(Cl)s2)nn1. The van der Waals surface area contributed by atoms with E-state index in [4.69, 9.17) is 11.6 Å². The van der Waals surface area contributed by atoms with Crippen molar-refractivity contribution in [3.63, 3.8) is 0 Å². The van der Waals surface area contributed by atoms with Crippen LogP contribution in [0, 0.1) is 5.92 Å². The van der Waals surface area contributed by atoms with Crippen LogP contribution in [0.25, 0.3) is 10.6 Å². The van der Waals surface area contributed by atoms with Crippen LogP contribution in [0.5, 0.6) is 0 Å². The summed E-state index contributed by atoms with van der Waals surface area (Å²) in [6.45, 7) is 3.95. The molecular formula is C17H22ClN5O3S. The minimum atomic E-state index is -0.719. The molecule has 8 nitrogen and oxygen atoms in total. The van der Waals surface area contributed by atoms with E-state index in [9.17, 15) is 14.7 Å². The molecule has 0 aliphatic carbocycles. The van der Waals surface area contributed by atoms with E-state index in [-0.39, 0.29) is 30.7 Å². The van der Waals surface area contributed by atoms with Crippen molar-refractivity contribution in [2.45, 2.75) is 38.5 Å². The lowest BCUT2D eigenvalue weighted by Crippen LogP contribution is -2.48. The smallest absolute Gasteiger partial charge is 0.248 e. The highest BCUT2D eigenvalue weighted by molar-refractivity contribution is 7.19. The fraction of sp³-hybridized carbons (Fsp3) is 0.529. The summed E-state index contributed by atoms with van der Waals surface area (Å²) in [7, 11) is 1.52. The quantitative estimate of drug-likeness (QED) is 0.777. The van der Waals surface area contributed by atoms with Gasteiger partial charge in [0.2, 0.25) is 11.8 Å². The summed E-state index contributed by atoms with van der Waals surface area (Å²) in [5.74, 6) is -0.618. The maximum absolute atomic E-state index is 13.2. The monoisotopic (exact) mass is 411 g/mol. The number of hydrogen-bond acceptors (Lipinski definition) is 6. The number of thiophene rings is 1. The summed E-state index contributed by atoms with van der Waals surface area (Å²) in [4.78, 5) is 27.7. The number of rotatable bonds is 5. The molecule has 1 fully saturated rings. The highest BCUT2D eigenvalue weighted by atomic mass is 35.5. The first kappa shape index (κ1) is 19.8. The topological polar surface area (TPSA) is 100 Å². The van der Waals surface area contributed by atoms with Gasteiger partial charge in [0, 0.05) is 20.0 Å². The Morgan fingerprint density at radius 1 is 1.41 bits per heavy atom. The van der Waals surface area contributed by atoms with Gasteiger partial charge in [0.1, 0.15) is 17.8 Å². The number of likely N-dealkylation sites (N-methyl/N-ethyl adjacent to an activating group) is 1. The molecule has 1 aliphatic heterocycles. The van der Waals surface area contributed by atoms with Gasteiger partial charge in [-0.05, 0) is 18.1 Å². The van der Waals surface area contributed by atoms with E-state index >= 15 is 0 Å². The zero-order valence-electron chi connectivity index (χ0n) is 15.3. The summed E-state index contributed by atoms with van der Waals surface area (Å²) in [6.07, 6.45) is 1.22. The number of nitrogens with zero attached hydrogens (tertiary/aromatic N) is 4. The average molecular weight is 412 g/mol. The fourth-order valence-electron chi connectivity index (χ4n) is 3.32. The summed E-state index contributed by atoms with van der Waals surface area (Å²) in [6, 6.07) is 2.33. The molecule has 2 aromatic heterocycles. The fourth-order valence-corrected chi connectivity index (χ4v) is 4.32. The van der Waals surface area contributed by atoms with E-state index in [0.29, 0.717) is 10.0 Å². The molecule has 0 spiro atoms. The molecule has 0 bridgehead atoms. The van der Waals surface area contributed by atoms with Crippen molar-refractivity contribution in [2.75, 3.05) is 13.6 Å². The predicted molar refractivity (Wildman–Crippen MR) is 102 cm³/mol. The number of halogens is 1. The third-order valence-corrected chi connectivity index (χ3v) is 5.87. The number of amides is 2. The molecule has 3 heterocycles. The van der Waals surface area contributed by atoms with Crippen LogP contribution < -0.4 is 5.32 Å². The van der Waals surface area contributed by atoms with Crippen molar-refractivity contribution in [3.8, 4) is 10.6 Å². The van der Waals surface area contributed by atoms with Gasteiger partial charge in [0.25, 0.3) is 0 Å². The molecular weight excluding hydrogens is 390 g/mol. The standard InChI is InChI=1S/C17H22ClN5O3S/c1-9(2)15(17(26)22-7-10(24)6-12(22)16(25)19-3)23-8-11(20-21-23)13-4-5-14(18)27-13/h4-5,8-10,12,15,24H,6-7H2,1-3H3,(H,19,25). The van der Waals surface area contributed by atoms with Crippen molar-refractivity contribution < 1.29 is 14.7 Å². The molecule has 1 saturated heterocycles. The third-order valence-electron chi connectivity index (χ3n) is 4.62. The normalized spacial score (nSPS) is 20.9. The van der Waals surface area contributed by atoms with Crippen molar-refractivity contribution in [1.82, 2.24) is 25.2 Å². The minimum absolute atomic E-state index is 0.0814. The molecule has 1 aliphatic rings. The van der Waals surface area contributed by atoms with Gasteiger partial charge in [-0.2, -0.15) is 0 Å². The van der Waals surface area contributed by atoms with E-state index in [2.05, 4.69) is 15.6 Å². The number of aliphatic hydroxyl groups is 1. The average Bonchev–Trinajstić information content (AvgIpc) is 3.33. The zero-order chi connectivity index (χ0) is 19.7. The molecule has 10 heteroatoms. The first-order valence-corrected chi connectivity index (χ1v) is 9.89. The molecule has 2 aromatic rings. The summed E-state index contributed by atoms with van der Waals surface area (Å²) >= 11 is 7.36. The summed E-state index contributed by atoms with van der Waals surface area (Å²) < 4.78 is 2.18.